The average Bonchev–Trinajstić information content (AvgIpc) is 3.10. The van der Waals surface area contributed by atoms with Gasteiger partial charge >= 0.3 is 0 Å². The van der Waals surface area contributed by atoms with E-state index in [1.54, 1.807) is 12.1 Å². The summed E-state index contributed by atoms with van der Waals surface area (Å²) in [5.74, 6) is -0.434. The van der Waals surface area contributed by atoms with Crippen LogP contribution in [-0.2, 0) is 0 Å². The van der Waals surface area contributed by atoms with E-state index in [0.717, 1.165) is 23.9 Å². The van der Waals surface area contributed by atoms with E-state index in [9.17, 15) is 9.59 Å². The van der Waals surface area contributed by atoms with Crippen molar-refractivity contribution in [3.05, 3.63) is 41.5 Å². The van der Waals surface area contributed by atoms with Crippen LogP contribution in [0, 0.1) is 0 Å². The lowest BCUT2D eigenvalue weighted by molar-refractivity contribution is 0.0565. The second-order valence-electron chi connectivity index (χ2n) is 6.79. The largest absolute Gasteiger partial charge is 0.399 e. The quantitative estimate of drug-likeness (QED) is 0.696. The van der Waals surface area contributed by atoms with Gasteiger partial charge in [0.25, 0.3) is 11.8 Å². The summed E-state index contributed by atoms with van der Waals surface area (Å²) in [5.41, 5.74) is 7.63. The molecule has 0 radical (unpaired) electrons. The molecular formula is C19H21N3O2. The molecule has 0 aromatic heterocycles. The van der Waals surface area contributed by atoms with Crippen LogP contribution in [0.5, 0.6) is 0 Å². The molecular weight excluding hydrogens is 302 g/mol. The third-order valence-electron chi connectivity index (χ3n) is 5.16. The fourth-order valence-electron chi connectivity index (χ4n) is 3.91. The van der Waals surface area contributed by atoms with Crippen molar-refractivity contribution in [3.63, 3.8) is 0 Å². The molecule has 2 aromatic rings. The van der Waals surface area contributed by atoms with E-state index >= 15 is 0 Å². The predicted octanol–water partition coefficient (Wildman–Crippen LogP) is 2.50. The first-order chi connectivity index (χ1) is 11.6. The van der Waals surface area contributed by atoms with Gasteiger partial charge < -0.3 is 5.73 Å². The van der Waals surface area contributed by atoms with Gasteiger partial charge in [0, 0.05) is 29.2 Å². The molecule has 24 heavy (non-hydrogen) atoms. The number of amides is 2. The summed E-state index contributed by atoms with van der Waals surface area (Å²) in [4.78, 5) is 29.6. The van der Waals surface area contributed by atoms with E-state index in [1.807, 2.05) is 18.2 Å². The normalized spacial score (nSPS) is 19.3. The van der Waals surface area contributed by atoms with Gasteiger partial charge in [-0.1, -0.05) is 12.1 Å². The third-order valence-corrected chi connectivity index (χ3v) is 5.16. The second kappa shape index (κ2) is 5.60. The molecule has 2 N–H and O–H groups in total. The Bertz CT molecular complexity index is 840. The van der Waals surface area contributed by atoms with Crippen molar-refractivity contribution in [1.29, 1.82) is 0 Å². The molecule has 1 fully saturated rings. The Morgan fingerprint density at radius 1 is 1.08 bits per heavy atom. The van der Waals surface area contributed by atoms with Crippen molar-refractivity contribution in [1.82, 2.24) is 9.80 Å². The first kappa shape index (κ1) is 15.1. The van der Waals surface area contributed by atoms with E-state index in [4.69, 9.17) is 5.73 Å². The molecule has 1 unspecified atom stereocenters. The van der Waals surface area contributed by atoms with E-state index in [1.165, 1.54) is 17.7 Å². The highest BCUT2D eigenvalue weighted by Gasteiger charge is 2.34. The summed E-state index contributed by atoms with van der Waals surface area (Å²) < 4.78 is 0. The molecule has 0 spiro atoms. The summed E-state index contributed by atoms with van der Waals surface area (Å²) in [6.45, 7) is 4.58. The van der Waals surface area contributed by atoms with Gasteiger partial charge in [-0.2, -0.15) is 0 Å². The number of nitrogen functional groups attached to an aromatic ring is 1. The highest BCUT2D eigenvalue weighted by atomic mass is 16.2. The Morgan fingerprint density at radius 2 is 1.79 bits per heavy atom. The Balaban J connectivity index is 1.74. The molecule has 0 aliphatic carbocycles. The first-order valence-corrected chi connectivity index (χ1v) is 8.49. The van der Waals surface area contributed by atoms with Crippen LogP contribution in [-0.4, -0.2) is 47.3 Å². The van der Waals surface area contributed by atoms with Gasteiger partial charge in [0.1, 0.15) is 0 Å². The van der Waals surface area contributed by atoms with Crippen LogP contribution in [0.2, 0.25) is 0 Å². The number of rotatable bonds is 3. The lowest BCUT2D eigenvalue weighted by Crippen LogP contribution is -2.48. The summed E-state index contributed by atoms with van der Waals surface area (Å²) >= 11 is 0. The van der Waals surface area contributed by atoms with Crippen LogP contribution in [0.1, 0.15) is 40.5 Å². The monoisotopic (exact) mass is 323 g/mol. The topological polar surface area (TPSA) is 66.6 Å². The number of likely N-dealkylation sites (tertiary alicyclic amines) is 1. The Labute approximate surface area is 141 Å². The number of hydrogen-bond acceptors (Lipinski definition) is 4. The standard InChI is InChI=1S/C19H21N3O2/c1-12(21-7-2-3-8-21)11-22-18(23)15-6-4-5-13-9-14(20)10-16(17(13)15)19(22)24/h4-6,9-10,12H,2-3,7-8,11,20H2,1H3. The summed E-state index contributed by atoms with van der Waals surface area (Å²) in [6, 6.07) is 9.20. The van der Waals surface area contributed by atoms with Crippen LogP contribution < -0.4 is 5.73 Å². The number of hydrogen-bond donors (Lipinski definition) is 1. The van der Waals surface area contributed by atoms with E-state index in [-0.39, 0.29) is 17.9 Å². The molecule has 0 saturated carbocycles. The summed E-state index contributed by atoms with van der Waals surface area (Å²) in [5, 5.41) is 1.57. The van der Waals surface area contributed by atoms with Crippen molar-refractivity contribution in [3.8, 4) is 0 Å². The molecule has 5 heteroatoms. The molecule has 124 valence electrons. The van der Waals surface area contributed by atoms with Crippen molar-refractivity contribution in [2.24, 2.45) is 0 Å². The maximum Gasteiger partial charge on any atom is 0.261 e. The number of nitrogens with two attached hydrogens (primary N) is 1. The van der Waals surface area contributed by atoms with E-state index < -0.39 is 0 Å². The van der Waals surface area contributed by atoms with Gasteiger partial charge in [-0.05, 0) is 56.4 Å². The average molecular weight is 323 g/mol. The third kappa shape index (κ3) is 2.27. The molecule has 4 rings (SSSR count). The lowest BCUT2D eigenvalue weighted by atomic mass is 9.93. The van der Waals surface area contributed by atoms with Crippen LogP contribution in [0.25, 0.3) is 10.8 Å². The van der Waals surface area contributed by atoms with Crippen molar-refractivity contribution >= 4 is 28.3 Å². The van der Waals surface area contributed by atoms with Gasteiger partial charge in [-0.15, -0.1) is 0 Å². The van der Waals surface area contributed by atoms with Gasteiger partial charge in [-0.3, -0.25) is 19.4 Å². The minimum atomic E-state index is -0.234. The Hall–Kier alpha value is -2.40. The fourth-order valence-corrected chi connectivity index (χ4v) is 3.91. The minimum absolute atomic E-state index is 0.169. The smallest absolute Gasteiger partial charge is 0.261 e. The molecule has 2 aliphatic heterocycles. The molecule has 0 bridgehead atoms. The zero-order valence-corrected chi connectivity index (χ0v) is 13.8. The van der Waals surface area contributed by atoms with Crippen LogP contribution in [0.4, 0.5) is 5.69 Å². The number of anilines is 1. The summed E-state index contributed by atoms with van der Waals surface area (Å²) in [7, 11) is 0. The molecule has 2 aliphatic rings. The molecule has 1 saturated heterocycles. The van der Waals surface area contributed by atoms with Crippen molar-refractivity contribution in [2.75, 3.05) is 25.4 Å². The molecule has 5 nitrogen and oxygen atoms in total. The van der Waals surface area contributed by atoms with Crippen molar-refractivity contribution in [2.45, 2.75) is 25.8 Å². The molecule has 2 aromatic carbocycles. The SMILES string of the molecule is CC(CN1C(=O)c2cccc3cc(N)cc(c23)C1=O)N1CCCC1. The first-order valence-electron chi connectivity index (χ1n) is 8.49. The number of carbonyl (C=O) groups excluding carboxylic acids is 2. The van der Waals surface area contributed by atoms with Crippen LogP contribution >= 0.6 is 0 Å². The van der Waals surface area contributed by atoms with Gasteiger partial charge in [-0.25, -0.2) is 0 Å². The van der Waals surface area contributed by atoms with E-state index in [0.29, 0.717) is 23.4 Å². The van der Waals surface area contributed by atoms with Gasteiger partial charge in [0.2, 0.25) is 0 Å². The molecule has 2 amide bonds. The van der Waals surface area contributed by atoms with Gasteiger partial charge in [0.15, 0.2) is 0 Å². The highest BCUT2D eigenvalue weighted by Crippen LogP contribution is 2.32. The lowest BCUT2D eigenvalue weighted by Gasteiger charge is -2.32. The zero-order valence-electron chi connectivity index (χ0n) is 13.8. The maximum absolute atomic E-state index is 12.9. The Kier molecular flexibility index (Phi) is 3.53. The number of benzene rings is 2. The number of carbonyl (C=O) groups is 2. The molecule has 2 heterocycles. The Morgan fingerprint density at radius 3 is 2.54 bits per heavy atom. The number of nitrogens with zero attached hydrogens (tertiary/aromatic N) is 2. The van der Waals surface area contributed by atoms with Gasteiger partial charge in [0.05, 0.1) is 5.56 Å². The maximum atomic E-state index is 12.9. The second-order valence-corrected chi connectivity index (χ2v) is 6.79. The minimum Gasteiger partial charge on any atom is -0.399 e. The highest BCUT2D eigenvalue weighted by molar-refractivity contribution is 6.25. The predicted molar refractivity (Wildman–Crippen MR) is 94.0 cm³/mol. The van der Waals surface area contributed by atoms with Crippen LogP contribution in [0.3, 0.4) is 0 Å². The zero-order chi connectivity index (χ0) is 16.8. The fraction of sp³-hybridized carbons (Fsp3) is 0.368. The van der Waals surface area contributed by atoms with E-state index in [2.05, 4.69) is 11.8 Å². The summed E-state index contributed by atoms with van der Waals surface area (Å²) in [6.07, 6.45) is 2.37. The number of imide groups is 1. The van der Waals surface area contributed by atoms with Crippen molar-refractivity contribution < 1.29 is 9.59 Å². The van der Waals surface area contributed by atoms with Crippen LogP contribution in [0.15, 0.2) is 30.3 Å². The molecule has 1 atom stereocenters.